The summed E-state index contributed by atoms with van der Waals surface area (Å²) in [5, 5.41) is 4.32. The fourth-order valence-corrected chi connectivity index (χ4v) is 3.41. The van der Waals surface area contributed by atoms with Gasteiger partial charge in [-0.25, -0.2) is 0 Å². The average Bonchev–Trinajstić information content (AvgIpc) is 3.41. The molecule has 0 aliphatic heterocycles. The number of nitrogens with zero attached hydrogens (tertiary/aromatic N) is 1. The van der Waals surface area contributed by atoms with E-state index in [0.717, 1.165) is 23.3 Å². The molecule has 0 bridgehead atoms. The summed E-state index contributed by atoms with van der Waals surface area (Å²) in [5.74, 6) is 0.770. The van der Waals surface area contributed by atoms with E-state index in [2.05, 4.69) is 79.5 Å². The third-order valence-corrected chi connectivity index (χ3v) is 5.22. The first-order chi connectivity index (χ1) is 11.5. The predicted octanol–water partition coefficient (Wildman–Crippen LogP) is 5.30. The topological polar surface area (TPSA) is 15.3 Å². The average molecular weight is 339 g/mol. The first-order valence-corrected chi connectivity index (χ1v) is 9.14. The number of anilines is 1. The second-order valence-electron chi connectivity index (χ2n) is 6.94. The highest BCUT2D eigenvalue weighted by Gasteiger charge is 2.33. The molecule has 2 aromatic carbocycles. The molecule has 0 heterocycles. The molecule has 0 saturated heterocycles. The van der Waals surface area contributed by atoms with Gasteiger partial charge in [-0.15, -0.1) is 0 Å². The number of hydrogen-bond donors (Lipinski definition) is 1. The Bertz CT molecular complexity index is 707. The van der Waals surface area contributed by atoms with E-state index in [0.29, 0.717) is 6.04 Å². The van der Waals surface area contributed by atoms with Gasteiger partial charge in [-0.1, -0.05) is 42.5 Å². The maximum atomic E-state index is 5.80. The molecule has 1 fully saturated rings. The molecular formula is C21H26N2S. The molecule has 1 aliphatic rings. The molecule has 24 heavy (non-hydrogen) atoms. The van der Waals surface area contributed by atoms with Crippen LogP contribution in [0.1, 0.15) is 36.5 Å². The molecule has 0 spiro atoms. The van der Waals surface area contributed by atoms with Gasteiger partial charge in [0.05, 0.1) is 0 Å². The van der Waals surface area contributed by atoms with Gasteiger partial charge in [0, 0.05) is 18.3 Å². The van der Waals surface area contributed by atoms with Crippen LogP contribution in [0, 0.1) is 19.8 Å². The number of benzene rings is 2. The van der Waals surface area contributed by atoms with Gasteiger partial charge in [-0.05, 0) is 74.5 Å². The van der Waals surface area contributed by atoms with Gasteiger partial charge in [0.2, 0.25) is 0 Å². The molecule has 1 N–H and O–H groups in total. The van der Waals surface area contributed by atoms with Crippen molar-refractivity contribution < 1.29 is 0 Å². The molecule has 1 aliphatic carbocycles. The quantitative estimate of drug-likeness (QED) is 0.745. The van der Waals surface area contributed by atoms with Crippen LogP contribution in [0.3, 0.4) is 0 Å². The van der Waals surface area contributed by atoms with Crippen molar-refractivity contribution in [1.29, 1.82) is 0 Å². The van der Waals surface area contributed by atoms with E-state index < -0.39 is 0 Å². The number of nitrogens with one attached hydrogen (secondary N) is 1. The molecule has 0 radical (unpaired) electrons. The number of aryl methyl sites for hydroxylation is 2. The lowest BCUT2D eigenvalue weighted by Gasteiger charge is -2.32. The minimum Gasteiger partial charge on any atom is -0.342 e. The zero-order valence-corrected chi connectivity index (χ0v) is 15.6. The Morgan fingerprint density at radius 1 is 1.17 bits per heavy atom. The van der Waals surface area contributed by atoms with Crippen LogP contribution in [-0.2, 0) is 6.54 Å². The predicted molar refractivity (Wildman–Crippen MR) is 106 cm³/mol. The third kappa shape index (κ3) is 4.15. The van der Waals surface area contributed by atoms with Gasteiger partial charge in [-0.2, -0.15) is 0 Å². The minimum atomic E-state index is 0.468. The molecule has 3 heteroatoms. The molecule has 1 saturated carbocycles. The van der Waals surface area contributed by atoms with Crippen LogP contribution in [0.15, 0.2) is 48.5 Å². The summed E-state index contributed by atoms with van der Waals surface area (Å²) in [5.41, 5.74) is 4.88. The van der Waals surface area contributed by atoms with Crippen molar-refractivity contribution >= 4 is 23.0 Å². The van der Waals surface area contributed by atoms with Crippen LogP contribution < -0.4 is 5.32 Å². The maximum Gasteiger partial charge on any atom is 0.173 e. The van der Waals surface area contributed by atoms with Crippen LogP contribution in [0.4, 0.5) is 5.69 Å². The molecule has 1 atom stereocenters. The molecular weight excluding hydrogens is 312 g/mol. The smallest absolute Gasteiger partial charge is 0.173 e. The van der Waals surface area contributed by atoms with E-state index in [1.165, 1.54) is 29.5 Å². The number of rotatable bonds is 5. The van der Waals surface area contributed by atoms with Gasteiger partial charge in [0.25, 0.3) is 0 Å². The summed E-state index contributed by atoms with van der Waals surface area (Å²) < 4.78 is 0. The second-order valence-corrected chi connectivity index (χ2v) is 7.33. The highest BCUT2D eigenvalue weighted by molar-refractivity contribution is 7.80. The fourth-order valence-electron chi connectivity index (χ4n) is 3.07. The van der Waals surface area contributed by atoms with E-state index in [1.54, 1.807) is 0 Å². The number of thiocarbonyl (C=S) groups is 1. The summed E-state index contributed by atoms with van der Waals surface area (Å²) in [6, 6.07) is 17.5. The van der Waals surface area contributed by atoms with Crippen LogP contribution in [-0.4, -0.2) is 16.1 Å². The zero-order chi connectivity index (χ0) is 17.1. The number of hydrogen-bond acceptors (Lipinski definition) is 1. The van der Waals surface area contributed by atoms with E-state index in [-0.39, 0.29) is 0 Å². The standard InChI is InChI=1S/C21H26N2S/c1-15-9-10-16(2)20(13-15)22-21(24)23(17(3)19-11-12-19)14-18-7-5-4-6-8-18/h4-10,13,17,19H,11-12,14H2,1-3H3,(H,22,24)/t17-/m1/s1. The van der Waals surface area contributed by atoms with Crippen molar-refractivity contribution in [2.24, 2.45) is 5.92 Å². The lowest BCUT2D eigenvalue weighted by atomic mass is 10.1. The second kappa shape index (κ2) is 7.35. The molecule has 0 aromatic heterocycles. The normalized spacial score (nSPS) is 15.0. The van der Waals surface area contributed by atoms with Crippen molar-refractivity contribution in [2.75, 3.05) is 5.32 Å². The largest absolute Gasteiger partial charge is 0.342 e. The highest BCUT2D eigenvalue weighted by Crippen LogP contribution is 2.36. The van der Waals surface area contributed by atoms with Gasteiger partial charge in [0.15, 0.2) is 5.11 Å². The summed E-state index contributed by atoms with van der Waals surface area (Å²) in [4.78, 5) is 2.35. The summed E-state index contributed by atoms with van der Waals surface area (Å²) in [6.45, 7) is 7.39. The Kier molecular flexibility index (Phi) is 5.20. The van der Waals surface area contributed by atoms with Gasteiger partial charge >= 0.3 is 0 Å². The van der Waals surface area contributed by atoms with Gasteiger partial charge in [-0.3, -0.25) is 0 Å². The van der Waals surface area contributed by atoms with E-state index in [1.807, 2.05) is 0 Å². The van der Waals surface area contributed by atoms with Gasteiger partial charge in [0.1, 0.15) is 0 Å². The Labute approximate surface area is 150 Å². The van der Waals surface area contributed by atoms with Crippen molar-refractivity contribution in [3.05, 3.63) is 65.2 Å². The minimum absolute atomic E-state index is 0.468. The summed E-state index contributed by atoms with van der Waals surface area (Å²) >= 11 is 5.80. The molecule has 0 amide bonds. The SMILES string of the molecule is Cc1ccc(C)c(NC(=S)N(Cc2ccccc2)[C@H](C)C2CC2)c1. The van der Waals surface area contributed by atoms with Crippen LogP contribution >= 0.6 is 12.2 Å². The highest BCUT2D eigenvalue weighted by atomic mass is 32.1. The molecule has 0 unspecified atom stereocenters. The van der Waals surface area contributed by atoms with E-state index >= 15 is 0 Å². The van der Waals surface area contributed by atoms with Crippen LogP contribution in [0.25, 0.3) is 0 Å². The molecule has 126 valence electrons. The fraction of sp³-hybridized carbons (Fsp3) is 0.381. The first-order valence-electron chi connectivity index (χ1n) is 8.73. The monoisotopic (exact) mass is 338 g/mol. The summed E-state index contributed by atoms with van der Waals surface area (Å²) in [6.07, 6.45) is 2.64. The van der Waals surface area contributed by atoms with E-state index in [4.69, 9.17) is 12.2 Å². The lowest BCUT2D eigenvalue weighted by molar-refractivity contribution is 0.298. The first kappa shape index (κ1) is 17.0. The third-order valence-electron chi connectivity index (χ3n) is 4.89. The van der Waals surface area contributed by atoms with Crippen LogP contribution in [0.5, 0.6) is 0 Å². The van der Waals surface area contributed by atoms with Crippen LogP contribution in [0.2, 0.25) is 0 Å². The Balaban J connectivity index is 1.79. The van der Waals surface area contributed by atoms with Crippen molar-refractivity contribution in [2.45, 2.75) is 46.2 Å². The van der Waals surface area contributed by atoms with Crippen molar-refractivity contribution in [3.63, 3.8) is 0 Å². The Hall–Kier alpha value is -1.87. The Morgan fingerprint density at radius 2 is 1.88 bits per heavy atom. The maximum absolute atomic E-state index is 5.80. The summed E-state index contributed by atoms with van der Waals surface area (Å²) in [7, 11) is 0. The molecule has 2 aromatic rings. The molecule has 3 rings (SSSR count). The zero-order valence-electron chi connectivity index (χ0n) is 14.8. The van der Waals surface area contributed by atoms with Gasteiger partial charge < -0.3 is 10.2 Å². The van der Waals surface area contributed by atoms with E-state index in [9.17, 15) is 0 Å². The lowest BCUT2D eigenvalue weighted by Crippen LogP contribution is -2.42. The molecule has 2 nitrogen and oxygen atoms in total. The Morgan fingerprint density at radius 3 is 2.54 bits per heavy atom. The van der Waals surface area contributed by atoms with Crippen molar-refractivity contribution in [3.8, 4) is 0 Å². The van der Waals surface area contributed by atoms with Crippen molar-refractivity contribution in [1.82, 2.24) is 4.90 Å².